The van der Waals surface area contributed by atoms with Crippen LogP contribution in [0.15, 0.2) is 47.4 Å². The van der Waals surface area contributed by atoms with Gasteiger partial charge in [-0.3, -0.25) is 9.59 Å². The number of aryl methyl sites for hydroxylation is 1. The minimum Gasteiger partial charge on any atom is -0.495 e. The first kappa shape index (κ1) is 24.2. The van der Waals surface area contributed by atoms with Crippen LogP contribution >= 0.6 is 0 Å². The van der Waals surface area contributed by atoms with Gasteiger partial charge in [0.05, 0.1) is 26.2 Å². The number of carbonyl (C=O) groups is 2. The first-order chi connectivity index (χ1) is 16.3. The van der Waals surface area contributed by atoms with E-state index in [1.54, 1.807) is 11.0 Å². The Bertz CT molecular complexity index is 1160. The number of rotatable bonds is 7. The number of amides is 2. The fraction of sp³-hybridized carbons (Fsp3) is 0.417. The van der Waals surface area contributed by atoms with E-state index in [0.717, 1.165) is 12.1 Å². The quantitative estimate of drug-likeness (QED) is 0.642. The van der Waals surface area contributed by atoms with Crippen molar-refractivity contribution in [2.45, 2.75) is 24.7 Å². The van der Waals surface area contributed by atoms with E-state index in [4.69, 9.17) is 9.47 Å². The molecule has 0 unspecified atom stereocenters. The first-order valence-electron chi connectivity index (χ1n) is 11.3. The zero-order chi connectivity index (χ0) is 24.3. The summed E-state index contributed by atoms with van der Waals surface area (Å²) in [5.74, 6) is -0.794. The number of nitrogens with one attached hydrogen (secondary N) is 1. The molecule has 0 radical (unpaired) electrons. The lowest BCUT2D eigenvalue weighted by atomic mass is 10.1. The van der Waals surface area contributed by atoms with Crippen LogP contribution in [0.2, 0.25) is 0 Å². The summed E-state index contributed by atoms with van der Waals surface area (Å²) in [7, 11) is -2.43. The molecule has 2 aliphatic rings. The molecule has 1 N–H and O–H groups in total. The Kier molecular flexibility index (Phi) is 7.20. The van der Waals surface area contributed by atoms with Gasteiger partial charge >= 0.3 is 0 Å². The maximum atomic E-state index is 13.2. The Labute approximate surface area is 199 Å². The normalized spacial score (nSPS) is 19.3. The fourth-order valence-electron chi connectivity index (χ4n) is 4.17. The van der Waals surface area contributed by atoms with Crippen LogP contribution in [-0.4, -0.2) is 64.5 Å². The molecule has 0 aromatic heterocycles. The number of morpholine rings is 1. The molecule has 34 heavy (non-hydrogen) atoms. The van der Waals surface area contributed by atoms with Crippen LogP contribution in [0, 0.1) is 5.92 Å². The van der Waals surface area contributed by atoms with Crippen molar-refractivity contribution in [3.8, 4) is 5.75 Å². The van der Waals surface area contributed by atoms with Crippen molar-refractivity contribution >= 4 is 33.2 Å². The van der Waals surface area contributed by atoms with Gasteiger partial charge in [0.1, 0.15) is 10.6 Å². The van der Waals surface area contributed by atoms with E-state index >= 15 is 0 Å². The SMILES string of the molecule is CCc1ccc(N2C[C@@H](C(=O)Nc3ccc(OC)c(S(=O)(=O)N4CCOCC4)c3)CC2=O)cc1. The summed E-state index contributed by atoms with van der Waals surface area (Å²) in [4.78, 5) is 27.1. The lowest BCUT2D eigenvalue weighted by molar-refractivity contribution is -0.122. The molecule has 2 aromatic carbocycles. The van der Waals surface area contributed by atoms with E-state index in [2.05, 4.69) is 12.2 Å². The average Bonchev–Trinajstić information content (AvgIpc) is 3.26. The van der Waals surface area contributed by atoms with Gasteiger partial charge in [-0.2, -0.15) is 4.31 Å². The number of carbonyl (C=O) groups excluding carboxylic acids is 2. The van der Waals surface area contributed by atoms with Gasteiger partial charge in [0.25, 0.3) is 0 Å². The van der Waals surface area contributed by atoms with E-state index in [0.29, 0.717) is 18.9 Å². The van der Waals surface area contributed by atoms with Gasteiger partial charge in [-0.15, -0.1) is 0 Å². The van der Waals surface area contributed by atoms with Gasteiger partial charge in [0.15, 0.2) is 0 Å². The maximum absolute atomic E-state index is 13.2. The molecule has 9 nitrogen and oxygen atoms in total. The summed E-state index contributed by atoms with van der Waals surface area (Å²) >= 11 is 0. The molecule has 2 heterocycles. The maximum Gasteiger partial charge on any atom is 0.246 e. The molecule has 1 atom stereocenters. The van der Waals surface area contributed by atoms with Crippen molar-refractivity contribution in [2.24, 2.45) is 5.92 Å². The molecule has 0 aliphatic carbocycles. The van der Waals surface area contributed by atoms with Gasteiger partial charge in [-0.1, -0.05) is 19.1 Å². The van der Waals surface area contributed by atoms with Crippen molar-refractivity contribution in [1.29, 1.82) is 0 Å². The second-order valence-corrected chi connectivity index (χ2v) is 10.2. The monoisotopic (exact) mass is 487 g/mol. The summed E-state index contributed by atoms with van der Waals surface area (Å²) < 4.78 is 38.2. The lowest BCUT2D eigenvalue weighted by Gasteiger charge is -2.27. The van der Waals surface area contributed by atoms with Crippen molar-refractivity contribution in [1.82, 2.24) is 4.31 Å². The highest BCUT2D eigenvalue weighted by Crippen LogP contribution is 2.31. The second kappa shape index (κ2) is 10.1. The standard InChI is InChI=1S/C24H29N3O6S/c1-3-17-4-7-20(8-5-17)27-16-18(14-23(27)28)24(29)25-19-6-9-21(32-2)22(15-19)34(30,31)26-10-12-33-13-11-26/h4-9,15,18H,3,10-14,16H2,1-2H3,(H,25,29)/t18-/m0/s1. The van der Waals surface area contributed by atoms with Crippen LogP contribution in [0.1, 0.15) is 18.9 Å². The largest absolute Gasteiger partial charge is 0.495 e. The molecule has 0 saturated carbocycles. The van der Waals surface area contributed by atoms with Crippen molar-refractivity contribution in [3.05, 3.63) is 48.0 Å². The molecule has 2 saturated heterocycles. The number of hydrogen-bond acceptors (Lipinski definition) is 6. The molecule has 10 heteroatoms. The number of anilines is 2. The third kappa shape index (κ3) is 4.94. The van der Waals surface area contributed by atoms with E-state index in [1.165, 1.54) is 29.1 Å². The van der Waals surface area contributed by atoms with Crippen LogP contribution in [0.25, 0.3) is 0 Å². The van der Waals surface area contributed by atoms with Gasteiger partial charge in [0.2, 0.25) is 21.8 Å². The van der Waals surface area contributed by atoms with Gasteiger partial charge in [-0.05, 0) is 42.3 Å². The van der Waals surface area contributed by atoms with Crippen molar-refractivity contribution in [3.63, 3.8) is 0 Å². The Hall–Kier alpha value is -2.95. The predicted octanol–water partition coefficient (Wildman–Crippen LogP) is 2.27. The number of benzene rings is 2. The summed E-state index contributed by atoms with van der Waals surface area (Å²) in [5, 5.41) is 2.78. The molecule has 0 bridgehead atoms. The third-order valence-corrected chi connectivity index (χ3v) is 8.09. The predicted molar refractivity (Wildman–Crippen MR) is 127 cm³/mol. The summed E-state index contributed by atoms with van der Waals surface area (Å²) in [5.41, 5.74) is 2.27. The van der Waals surface area contributed by atoms with Gasteiger partial charge in [-0.25, -0.2) is 8.42 Å². The molecule has 2 aliphatic heterocycles. The smallest absolute Gasteiger partial charge is 0.246 e. The Morgan fingerprint density at radius 1 is 1.15 bits per heavy atom. The number of methoxy groups -OCH3 is 1. The number of nitrogens with zero attached hydrogens (tertiary/aromatic N) is 2. The number of hydrogen-bond donors (Lipinski definition) is 1. The topological polar surface area (TPSA) is 105 Å². The van der Waals surface area contributed by atoms with Crippen LogP contribution < -0.4 is 15.0 Å². The van der Waals surface area contributed by atoms with Gasteiger partial charge in [0, 0.05) is 37.4 Å². The van der Waals surface area contributed by atoms with Crippen LogP contribution in [0.3, 0.4) is 0 Å². The van der Waals surface area contributed by atoms with Crippen molar-refractivity contribution < 1.29 is 27.5 Å². The van der Waals surface area contributed by atoms with E-state index < -0.39 is 15.9 Å². The molecule has 2 aromatic rings. The Morgan fingerprint density at radius 3 is 2.50 bits per heavy atom. The molecule has 182 valence electrons. The van der Waals surface area contributed by atoms with Crippen LogP contribution in [-0.2, 0) is 30.8 Å². The first-order valence-corrected chi connectivity index (χ1v) is 12.7. The van der Waals surface area contributed by atoms with E-state index in [9.17, 15) is 18.0 Å². The second-order valence-electron chi connectivity index (χ2n) is 8.30. The third-order valence-electron chi connectivity index (χ3n) is 6.17. The molecule has 0 spiro atoms. The fourth-order valence-corrected chi connectivity index (χ4v) is 5.76. The zero-order valence-electron chi connectivity index (χ0n) is 19.3. The number of sulfonamides is 1. The summed E-state index contributed by atoms with van der Waals surface area (Å²) in [6, 6.07) is 12.2. The Morgan fingerprint density at radius 2 is 1.85 bits per heavy atom. The van der Waals surface area contributed by atoms with Gasteiger partial charge < -0.3 is 19.7 Å². The molecule has 2 fully saturated rings. The van der Waals surface area contributed by atoms with Crippen LogP contribution in [0.4, 0.5) is 11.4 Å². The summed E-state index contributed by atoms with van der Waals surface area (Å²) in [6.07, 6.45) is 1.00. The zero-order valence-corrected chi connectivity index (χ0v) is 20.1. The lowest BCUT2D eigenvalue weighted by Crippen LogP contribution is -2.40. The molecular formula is C24H29N3O6S. The van der Waals surface area contributed by atoms with Crippen LogP contribution in [0.5, 0.6) is 5.75 Å². The number of ether oxygens (including phenoxy) is 2. The summed E-state index contributed by atoms with van der Waals surface area (Å²) in [6.45, 7) is 3.48. The minimum atomic E-state index is -3.83. The van der Waals surface area contributed by atoms with E-state index in [1.807, 2.05) is 24.3 Å². The Balaban J connectivity index is 1.49. The van der Waals surface area contributed by atoms with Crippen molar-refractivity contribution in [2.75, 3.05) is 50.2 Å². The highest BCUT2D eigenvalue weighted by Gasteiger charge is 2.35. The molecule has 2 amide bonds. The molecule has 4 rings (SSSR count). The average molecular weight is 488 g/mol. The molecular weight excluding hydrogens is 458 g/mol. The highest BCUT2D eigenvalue weighted by molar-refractivity contribution is 7.89. The highest BCUT2D eigenvalue weighted by atomic mass is 32.2. The minimum absolute atomic E-state index is 0.0187. The van der Waals surface area contributed by atoms with E-state index in [-0.39, 0.29) is 48.5 Å².